The summed E-state index contributed by atoms with van der Waals surface area (Å²) >= 11 is 0. The van der Waals surface area contributed by atoms with Crippen LogP contribution in [0, 0.1) is 0 Å². The van der Waals surface area contributed by atoms with Gasteiger partial charge in [-0.05, 0) is 26.4 Å². The third-order valence-electron chi connectivity index (χ3n) is 2.17. The standard InChI is InChI=1S/C8H18N2O.2C2H6/c1-10-5-2-3-8(7-10)9-4-6-11;2*1-2/h8-9,11H,2-7H2,1H3;2*1-2H3. The van der Waals surface area contributed by atoms with E-state index in [-0.39, 0.29) is 6.61 Å². The number of aliphatic hydroxyl groups excluding tert-OH is 1. The van der Waals surface area contributed by atoms with Crippen LogP contribution in [0.15, 0.2) is 0 Å². The Morgan fingerprint density at radius 3 is 2.33 bits per heavy atom. The summed E-state index contributed by atoms with van der Waals surface area (Å²) in [5.74, 6) is 0. The fourth-order valence-corrected chi connectivity index (χ4v) is 1.60. The lowest BCUT2D eigenvalue weighted by atomic mass is 10.1. The van der Waals surface area contributed by atoms with Crippen LogP contribution in [0.3, 0.4) is 0 Å². The molecule has 1 heterocycles. The van der Waals surface area contributed by atoms with Crippen molar-refractivity contribution in [2.45, 2.75) is 46.6 Å². The van der Waals surface area contributed by atoms with Gasteiger partial charge < -0.3 is 15.3 Å². The molecule has 1 unspecified atom stereocenters. The van der Waals surface area contributed by atoms with Crippen LogP contribution in [0.25, 0.3) is 0 Å². The van der Waals surface area contributed by atoms with Gasteiger partial charge >= 0.3 is 0 Å². The summed E-state index contributed by atoms with van der Waals surface area (Å²) < 4.78 is 0. The highest BCUT2D eigenvalue weighted by atomic mass is 16.3. The fraction of sp³-hybridized carbons (Fsp3) is 1.00. The number of nitrogens with one attached hydrogen (secondary N) is 1. The monoisotopic (exact) mass is 218 g/mol. The summed E-state index contributed by atoms with van der Waals surface area (Å²) in [6, 6.07) is 0.598. The molecular weight excluding hydrogens is 188 g/mol. The first-order valence-electron chi connectivity index (χ1n) is 6.35. The topological polar surface area (TPSA) is 35.5 Å². The summed E-state index contributed by atoms with van der Waals surface area (Å²) in [5, 5.41) is 11.9. The van der Waals surface area contributed by atoms with Gasteiger partial charge in [0.15, 0.2) is 0 Å². The first-order valence-corrected chi connectivity index (χ1v) is 6.35. The molecule has 0 aliphatic carbocycles. The van der Waals surface area contributed by atoms with Gasteiger partial charge in [0.2, 0.25) is 0 Å². The molecule has 94 valence electrons. The average Bonchev–Trinajstić information content (AvgIpc) is 2.32. The summed E-state index contributed by atoms with van der Waals surface area (Å²) in [6.45, 7) is 11.3. The molecule has 1 rings (SSSR count). The van der Waals surface area contributed by atoms with E-state index < -0.39 is 0 Å². The molecule has 0 saturated carbocycles. The zero-order valence-electron chi connectivity index (χ0n) is 11.2. The summed E-state index contributed by atoms with van der Waals surface area (Å²) in [5.41, 5.74) is 0. The molecule has 0 amide bonds. The zero-order chi connectivity index (χ0) is 12.1. The molecule has 3 heteroatoms. The Hall–Kier alpha value is -0.120. The van der Waals surface area contributed by atoms with Crippen molar-refractivity contribution >= 4 is 0 Å². The molecule has 1 aliphatic heterocycles. The van der Waals surface area contributed by atoms with E-state index in [0.717, 1.165) is 13.1 Å². The molecule has 1 fully saturated rings. The lowest BCUT2D eigenvalue weighted by Crippen LogP contribution is -2.44. The van der Waals surface area contributed by atoms with Crippen molar-refractivity contribution in [3.05, 3.63) is 0 Å². The molecule has 0 spiro atoms. The third-order valence-corrected chi connectivity index (χ3v) is 2.17. The van der Waals surface area contributed by atoms with E-state index in [9.17, 15) is 0 Å². The van der Waals surface area contributed by atoms with Crippen molar-refractivity contribution < 1.29 is 5.11 Å². The van der Waals surface area contributed by atoms with E-state index in [1.807, 2.05) is 27.7 Å². The second-order valence-corrected chi connectivity index (χ2v) is 3.28. The quantitative estimate of drug-likeness (QED) is 0.757. The van der Waals surface area contributed by atoms with Crippen LogP contribution in [0.1, 0.15) is 40.5 Å². The van der Waals surface area contributed by atoms with Gasteiger partial charge in [-0.2, -0.15) is 0 Å². The second-order valence-electron chi connectivity index (χ2n) is 3.28. The van der Waals surface area contributed by atoms with Crippen LogP contribution in [0.2, 0.25) is 0 Å². The van der Waals surface area contributed by atoms with Gasteiger partial charge in [0.05, 0.1) is 6.61 Å². The molecular formula is C12H30N2O. The minimum Gasteiger partial charge on any atom is -0.395 e. The van der Waals surface area contributed by atoms with Crippen molar-refractivity contribution in [3.63, 3.8) is 0 Å². The molecule has 0 bridgehead atoms. The Kier molecular flexibility index (Phi) is 16.0. The molecule has 3 nitrogen and oxygen atoms in total. The third kappa shape index (κ3) is 10.2. The summed E-state index contributed by atoms with van der Waals surface area (Å²) in [6.07, 6.45) is 2.53. The largest absolute Gasteiger partial charge is 0.395 e. The van der Waals surface area contributed by atoms with E-state index in [1.165, 1.54) is 19.4 Å². The van der Waals surface area contributed by atoms with Gasteiger partial charge in [-0.25, -0.2) is 0 Å². The Balaban J connectivity index is 0. The van der Waals surface area contributed by atoms with Crippen molar-refractivity contribution in [1.29, 1.82) is 0 Å². The van der Waals surface area contributed by atoms with Crippen molar-refractivity contribution in [1.82, 2.24) is 10.2 Å². The van der Waals surface area contributed by atoms with Crippen LogP contribution in [-0.2, 0) is 0 Å². The van der Waals surface area contributed by atoms with Crippen molar-refractivity contribution in [2.75, 3.05) is 33.3 Å². The molecule has 0 aromatic carbocycles. The van der Waals surface area contributed by atoms with Crippen molar-refractivity contribution in [2.24, 2.45) is 0 Å². The van der Waals surface area contributed by atoms with Gasteiger partial charge in [0, 0.05) is 19.1 Å². The van der Waals surface area contributed by atoms with E-state index in [2.05, 4.69) is 17.3 Å². The van der Waals surface area contributed by atoms with Crippen LogP contribution < -0.4 is 5.32 Å². The lowest BCUT2D eigenvalue weighted by molar-refractivity contribution is 0.213. The van der Waals surface area contributed by atoms with E-state index >= 15 is 0 Å². The Bertz CT molecular complexity index is 110. The number of hydrogen-bond acceptors (Lipinski definition) is 3. The van der Waals surface area contributed by atoms with Crippen molar-refractivity contribution in [3.8, 4) is 0 Å². The van der Waals surface area contributed by atoms with Gasteiger partial charge in [-0.3, -0.25) is 0 Å². The van der Waals surface area contributed by atoms with Crippen LogP contribution >= 0.6 is 0 Å². The molecule has 1 saturated heterocycles. The first-order chi connectivity index (χ1) is 7.33. The Labute approximate surface area is 95.9 Å². The maximum absolute atomic E-state index is 8.59. The van der Waals surface area contributed by atoms with Gasteiger partial charge in [0.25, 0.3) is 0 Å². The summed E-state index contributed by atoms with van der Waals surface area (Å²) in [7, 11) is 2.15. The van der Waals surface area contributed by atoms with E-state index in [0.29, 0.717) is 6.04 Å². The number of aliphatic hydroxyl groups is 1. The van der Waals surface area contributed by atoms with Gasteiger partial charge in [-0.1, -0.05) is 27.7 Å². The molecule has 0 aromatic heterocycles. The maximum atomic E-state index is 8.59. The Morgan fingerprint density at radius 2 is 1.87 bits per heavy atom. The second kappa shape index (κ2) is 13.9. The van der Waals surface area contributed by atoms with E-state index in [4.69, 9.17) is 5.11 Å². The normalized spacial score (nSPS) is 20.8. The van der Waals surface area contributed by atoms with Crippen LogP contribution in [0.5, 0.6) is 0 Å². The predicted molar refractivity (Wildman–Crippen MR) is 68.3 cm³/mol. The van der Waals surface area contributed by atoms with Crippen LogP contribution in [0.4, 0.5) is 0 Å². The average molecular weight is 218 g/mol. The number of rotatable bonds is 3. The first kappa shape index (κ1) is 17.3. The molecule has 2 N–H and O–H groups in total. The number of likely N-dealkylation sites (tertiary alicyclic amines) is 1. The number of likely N-dealkylation sites (N-methyl/N-ethyl adjacent to an activating group) is 1. The highest BCUT2D eigenvalue weighted by Crippen LogP contribution is 2.06. The Morgan fingerprint density at radius 1 is 1.27 bits per heavy atom. The van der Waals surface area contributed by atoms with Crippen LogP contribution in [-0.4, -0.2) is 49.3 Å². The number of nitrogens with zero attached hydrogens (tertiary/aromatic N) is 1. The molecule has 0 radical (unpaired) electrons. The highest BCUT2D eigenvalue weighted by Gasteiger charge is 2.15. The SMILES string of the molecule is CC.CC.CN1CCCC(NCCO)C1. The number of hydrogen-bond donors (Lipinski definition) is 2. The predicted octanol–water partition coefficient (Wildman–Crippen LogP) is 1.71. The molecule has 1 atom stereocenters. The fourth-order valence-electron chi connectivity index (χ4n) is 1.60. The smallest absolute Gasteiger partial charge is 0.0556 e. The molecule has 1 aliphatic rings. The molecule has 0 aromatic rings. The minimum atomic E-state index is 0.250. The number of piperidine rings is 1. The molecule has 15 heavy (non-hydrogen) atoms. The van der Waals surface area contributed by atoms with E-state index in [1.54, 1.807) is 0 Å². The summed E-state index contributed by atoms with van der Waals surface area (Å²) in [4.78, 5) is 2.33. The van der Waals surface area contributed by atoms with Gasteiger partial charge in [-0.15, -0.1) is 0 Å². The maximum Gasteiger partial charge on any atom is 0.0556 e. The van der Waals surface area contributed by atoms with Gasteiger partial charge in [0.1, 0.15) is 0 Å². The highest BCUT2D eigenvalue weighted by molar-refractivity contribution is 4.75. The minimum absolute atomic E-state index is 0.250. The lowest BCUT2D eigenvalue weighted by Gasteiger charge is -2.30. The zero-order valence-corrected chi connectivity index (χ0v) is 11.2.